The lowest BCUT2D eigenvalue weighted by molar-refractivity contribution is -0.128. The molecule has 0 bridgehead atoms. The summed E-state index contributed by atoms with van der Waals surface area (Å²) in [5, 5.41) is 13.1. The largest absolute Gasteiger partial charge is 0.478 e. The van der Waals surface area contributed by atoms with E-state index in [2.05, 4.69) is 10.5 Å². The van der Waals surface area contributed by atoms with E-state index in [1.54, 1.807) is 24.0 Å². The Morgan fingerprint density at radius 3 is 2.30 bits per heavy atom. The summed E-state index contributed by atoms with van der Waals surface area (Å²) in [7, 11) is 0. The number of nitrogens with one attached hydrogen (secondary N) is 1. The number of carbonyl (C=O) groups excluding carboxylic acids is 1. The van der Waals surface area contributed by atoms with Crippen molar-refractivity contribution in [3.63, 3.8) is 0 Å². The number of amides is 1. The lowest BCUT2D eigenvalue weighted by Gasteiger charge is -2.26. The Kier molecular flexibility index (Phi) is 4.34. The van der Waals surface area contributed by atoms with Gasteiger partial charge in [0.05, 0.1) is 11.3 Å². The molecule has 1 fully saturated rings. The minimum atomic E-state index is -0.945. The van der Waals surface area contributed by atoms with Gasteiger partial charge in [0, 0.05) is 38.6 Å². The highest BCUT2D eigenvalue weighted by Crippen LogP contribution is 2.12. The first-order valence-electron chi connectivity index (χ1n) is 6.46. The zero-order valence-corrected chi connectivity index (χ0v) is 11.3. The van der Waals surface area contributed by atoms with E-state index >= 15 is 0 Å². The molecule has 1 aliphatic heterocycles. The molecule has 6 nitrogen and oxygen atoms in total. The maximum absolute atomic E-state index is 11.2. The number of carboxylic acids is 1. The molecular formula is C14H17N3O3. The van der Waals surface area contributed by atoms with Crippen molar-refractivity contribution >= 4 is 23.3 Å². The molecule has 106 valence electrons. The van der Waals surface area contributed by atoms with E-state index in [1.807, 2.05) is 0 Å². The van der Waals surface area contributed by atoms with E-state index in [4.69, 9.17) is 5.11 Å². The van der Waals surface area contributed by atoms with Gasteiger partial charge in [-0.3, -0.25) is 10.2 Å². The van der Waals surface area contributed by atoms with Crippen LogP contribution in [0.4, 0.5) is 5.69 Å². The molecule has 6 heteroatoms. The average Bonchev–Trinajstić information content (AvgIpc) is 2.46. The Hall–Kier alpha value is -2.37. The fraction of sp³-hybridized carbons (Fsp3) is 0.357. The van der Waals surface area contributed by atoms with Crippen molar-refractivity contribution in [1.82, 2.24) is 4.90 Å². The summed E-state index contributed by atoms with van der Waals surface area (Å²) < 4.78 is 0. The van der Waals surface area contributed by atoms with Crippen molar-refractivity contribution in [3.8, 4) is 0 Å². The number of hydrazone groups is 1. The summed E-state index contributed by atoms with van der Waals surface area (Å²) >= 11 is 0. The number of piperidine rings is 1. The van der Waals surface area contributed by atoms with Crippen molar-refractivity contribution < 1.29 is 14.7 Å². The first kappa shape index (κ1) is 14.0. The summed E-state index contributed by atoms with van der Waals surface area (Å²) in [5.74, 6) is -0.847. The Labute approximate surface area is 117 Å². The van der Waals surface area contributed by atoms with Gasteiger partial charge >= 0.3 is 5.97 Å². The normalized spacial score (nSPS) is 14.8. The van der Waals surface area contributed by atoms with Crippen LogP contribution in [0, 0.1) is 0 Å². The summed E-state index contributed by atoms with van der Waals surface area (Å²) in [4.78, 5) is 23.7. The average molecular weight is 275 g/mol. The Balaban J connectivity index is 1.90. The molecule has 0 aromatic heterocycles. The maximum atomic E-state index is 11.2. The summed E-state index contributed by atoms with van der Waals surface area (Å²) in [6.07, 6.45) is 1.53. The topological polar surface area (TPSA) is 82.0 Å². The third kappa shape index (κ3) is 3.57. The fourth-order valence-electron chi connectivity index (χ4n) is 2.02. The van der Waals surface area contributed by atoms with E-state index in [0.29, 0.717) is 13.1 Å². The van der Waals surface area contributed by atoms with Crippen LogP contribution in [0.1, 0.15) is 30.1 Å². The predicted octanol–water partition coefficient (Wildman–Crippen LogP) is 1.80. The zero-order valence-electron chi connectivity index (χ0n) is 11.3. The molecule has 0 unspecified atom stereocenters. The molecule has 1 amide bonds. The smallest absolute Gasteiger partial charge is 0.335 e. The molecule has 1 saturated heterocycles. The van der Waals surface area contributed by atoms with E-state index < -0.39 is 5.97 Å². The molecule has 0 spiro atoms. The van der Waals surface area contributed by atoms with Crippen molar-refractivity contribution in [2.75, 3.05) is 18.5 Å². The van der Waals surface area contributed by atoms with Crippen LogP contribution < -0.4 is 5.43 Å². The van der Waals surface area contributed by atoms with E-state index in [1.165, 1.54) is 12.1 Å². The highest BCUT2D eigenvalue weighted by Gasteiger charge is 2.16. The van der Waals surface area contributed by atoms with Crippen LogP contribution in [0.5, 0.6) is 0 Å². The first-order chi connectivity index (χ1) is 9.56. The van der Waals surface area contributed by atoms with E-state index in [9.17, 15) is 9.59 Å². The molecule has 0 atom stereocenters. The number of rotatable bonds is 3. The summed E-state index contributed by atoms with van der Waals surface area (Å²) in [6.45, 7) is 2.98. The Morgan fingerprint density at radius 1 is 1.20 bits per heavy atom. The molecule has 2 rings (SSSR count). The fourth-order valence-corrected chi connectivity index (χ4v) is 2.02. The van der Waals surface area contributed by atoms with E-state index in [0.717, 1.165) is 24.2 Å². The van der Waals surface area contributed by atoms with Gasteiger partial charge in [-0.1, -0.05) is 0 Å². The van der Waals surface area contributed by atoms with Crippen LogP contribution in [0.3, 0.4) is 0 Å². The van der Waals surface area contributed by atoms with E-state index in [-0.39, 0.29) is 11.5 Å². The molecule has 0 saturated carbocycles. The van der Waals surface area contributed by atoms with Gasteiger partial charge in [0.15, 0.2) is 0 Å². The maximum Gasteiger partial charge on any atom is 0.335 e. The number of likely N-dealkylation sites (tertiary alicyclic amines) is 1. The number of carbonyl (C=O) groups is 2. The highest BCUT2D eigenvalue weighted by atomic mass is 16.4. The minimum absolute atomic E-state index is 0.0984. The van der Waals surface area contributed by atoms with Gasteiger partial charge in [-0.25, -0.2) is 4.79 Å². The number of benzene rings is 1. The van der Waals surface area contributed by atoms with Crippen LogP contribution >= 0.6 is 0 Å². The van der Waals surface area contributed by atoms with Gasteiger partial charge in [0.2, 0.25) is 5.91 Å². The third-order valence-corrected chi connectivity index (χ3v) is 3.26. The number of anilines is 1. The predicted molar refractivity (Wildman–Crippen MR) is 75.9 cm³/mol. The van der Waals surface area contributed by atoms with Gasteiger partial charge in [-0.05, 0) is 24.3 Å². The number of carboxylic acid groups (broad SMARTS) is 1. The molecule has 20 heavy (non-hydrogen) atoms. The second-order valence-corrected chi connectivity index (χ2v) is 4.68. The van der Waals surface area contributed by atoms with Crippen molar-refractivity contribution in [2.45, 2.75) is 19.8 Å². The molecule has 2 N–H and O–H groups in total. The van der Waals surface area contributed by atoms with Crippen LogP contribution in [-0.2, 0) is 4.79 Å². The van der Waals surface area contributed by atoms with Gasteiger partial charge in [-0.2, -0.15) is 5.10 Å². The van der Waals surface area contributed by atoms with Crippen LogP contribution in [-0.4, -0.2) is 40.7 Å². The van der Waals surface area contributed by atoms with Gasteiger partial charge in [0.1, 0.15) is 0 Å². The van der Waals surface area contributed by atoms with Crippen molar-refractivity contribution in [2.24, 2.45) is 5.10 Å². The van der Waals surface area contributed by atoms with Crippen LogP contribution in [0.15, 0.2) is 29.4 Å². The molecular weight excluding hydrogens is 258 g/mol. The molecule has 0 aliphatic carbocycles. The molecule has 1 aromatic carbocycles. The number of hydrogen-bond donors (Lipinski definition) is 2. The first-order valence-corrected chi connectivity index (χ1v) is 6.46. The van der Waals surface area contributed by atoms with Crippen LogP contribution in [0.2, 0.25) is 0 Å². The minimum Gasteiger partial charge on any atom is -0.478 e. The molecule has 0 radical (unpaired) electrons. The Morgan fingerprint density at radius 2 is 1.80 bits per heavy atom. The molecule has 1 heterocycles. The Bertz CT molecular complexity index is 527. The van der Waals surface area contributed by atoms with Gasteiger partial charge in [0.25, 0.3) is 0 Å². The number of nitrogens with zero attached hydrogens (tertiary/aromatic N) is 2. The summed E-state index contributed by atoms with van der Waals surface area (Å²) in [6, 6.07) is 6.42. The van der Waals surface area contributed by atoms with Gasteiger partial charge in [-0.15, -0.1) is 0 Å². The lowest BCUT2D eigenvalue weighted by atomic mass is 10.1. The zero-order chi connectivity index (χ0) is 14.5. The SMILES string of the molecule is CC(=O)N1CCC(=NNc2ccc(C(=O)O)cc2)CC1. The summed E-state index contributed by atoms with van der Waals surface area (Å²) in [5.41, 5.74) is 4.93. The second kappa shape index (κ2) is 6.18. The standard InChI is InChI=1S/C14H17N3O3/c1-10(18)17-8-6-13(7-9-17)16-15-12-4-2-11(3-5-12)14(19)20/h2-5,15H,6-9H2,1H3,(H,19,20). The van der Waals surface area contributed by atoms with Crippen molar-refractivity contribution in [1.29, 1.82) is 0 Å². The van der Waals surface area contributed by atoms with Crippen LogP contribution in [0.25, 0.3) is 0 Å². The quantitative estimate of drug-likeness (QED) is 0.824. The number of aromatic carboxylic acids is 1. The number of hydrogen-bond acceptors (Lipinski definition) is 4. The highest BCUT2D eigenvalue weighted by molar-refractivity contribution is 5.89. The van der Waals surface area contributed by atoms with Crippen molar-refractivity contribution in [3.05, 3.63) is 29.8 Å². The van der Waals surface area contributed by atoms with Gasteiger partial charge < -0.3 is 10.0 Å². The molecule has 1 aliphatic rings. The monoisotopic (exact) mass is 275 g/mol. The molecule has 1 aromatic rings. The third-order valence-electron chi connectivity index (χ3n) is 3.26. The lowest BCUT2D eigenvalue weighted by Crippen LogP contribution is -2.37. The second-order valence-electron chi connectivity index (χ2n) is 4.68.